The molecule has 0 bridgehead atoms. The zero-order valence-electron chi connectivity index (χ0n) is 9.87. The highest BCUT2D eigenvalue weighted by Crippen LogP contribution is 2.24. The van der Waals surface area contributed by atoms with Gasteiger partial charge in [0, 0.05) is 12.6 Å². The highest BCUT2D eigenvalue weighted by Gasteiger charge is 2.24. The molecule has 0 saturated carbocycles. The fourth-order valence-electron chi connectivity index (χ4n) is 1.42. The van der Waals surface area contributed by atoms with E-state index in [0.717, 1.165) is 0 Å². The maximum Gasteiger partial charge on any atom is 0.151 e. The van der Waals surface area contributed by atoms with Crippen molar-refractivity contribution in [1.82, 2.24) is 10.2 Å². The van der Waals surface area contributed by atoms with Gasteiger partial charge < -0.3 is 10.4 Å². The summed E-state index contributed by atoms with van der Waals surface area (Å²) in [6, 6.07) is 3.62. The van der Waals surface area contributed by atoms with E-state index in [2.05, 4.69) is 36.3 Å². The molecule has 0 aromatic carbocycles. The molecular formula is C11H18ClN3O. The minimum Gasteiger partial charge on any atom is -0.396 e. The number of halogens is 1. The number of aromatic nitrogens is 2. The van der Waals surface area contributed by atoms with Gasteiger partial charge in [-0.2, -0.15) is 0 Å². The van der Waals surface area contributed by atoms with E-state index in [1.54, 1.807) is 12.1 Å². The normalized spacial score (nSPS) is 13.6. The zero-order chi connectivity index (χ0) is 12.2. The monoisotopic (exact) mass is 243 g/mol. The zero-order valence-corrected chi connectivity index (χ0v) is 10.6. The van der Waals surface area contributed by atoms with Crippen LogP contribution >= 0.6 is 11.6 Å². The fourth-order valence-corrected chi connectivity index (χ4v) is 1.52. The van der Waals surface area contributed by atoms with Crippen LogP contribution in [0.4, 0.5) is 5.82 Å². The summed E-state index contributed by atoms with van der Waals surface area (Å²) in [5, 5.41) is 20.4. The minimum atomic E-state index is 0.0457. The third-order valence-electron chi connectivity index (χ3n) is 2.42. The van der Waals surface area contributed by atoms with Crippen molar-refractivity contribution in [1.29, 1.82) is 0 Å². The van der Waals surface area contributed by atoms with Crippen LogP contribution in [0.3, 0.4) is 0 Å². The van der Waals surface area contributed by atoms with E-state index in [0.29, 0.717) is 17.4 Å². The van der Waals surface area contributed by atoms with Crippen molar-refractivity contribution < 1.29 is 5.11 Å². The van der Waals surface area contributed by atoms with E-state index >= 15 is 0 Å². The molecule has 0 amide bonds. The summed E-state index contributed by atoms with van der Waals surface area (Å²) in [6.45, 7) is 6.49. The largest absolute Gasteiger partial charge is 0.396 e. The van der Waals surface area contributed by atoms with Gasteiger partial charge in [0.05, 0.1) is 0 Å². The van der Waals surface area contributed by atoms with Crippen LogP contribution in [0.1, 0.15) is 27.2 Å². The molecule has 0 fully saturated rings. The van der Waals surface area contributed by atoms with Crippen molar-refractivity contribution in [2.75, 3.05) is 11.9 Å². The third kappa shape index (κ3) is 3.94. The summed E-state index contributed by atoms with van der Waals surface area (Å²) in [4.78, 5) is 0. The predicted molar refractivity (Wildman–Crippen MR) is 65.6 cm³/mol. The molecule has 1 aromatic rings. The number of hydrogen-bond donors (Lipinski definition) is 2. The number of anilines is 1. The summed E-state index contributed by atoms with van der Waals surface area (Å²) < 4.78 is 0. The van der Waals surface area contributed by atoms with Gasteiger partial charge in [0.2, 0.25) is 0 Å². The number of aliphatic hydroxyl groups excluding tert-OH is 1. The number of nitrogens with zero attached hydrogens (tertiary/aromatic N) is 2. The highest BCUT2D eigenvalue weighted by molar-refractivity contribution is 6.29. The van der Waals surface area contributed by atoms with Crippen molar-refractivity contribution in [3.8, 4) is 0 Å². The average molecular weight is 244 g/mol. The predicted octanol–water partition coefficient (Wildman–Crippen LogP) is 2.34. The molecule has 0 radical (unpaired) electrons. The lowest BCUT2D eigenvalue weighted by Crippen LogP contribution is -2.35. The van der Waals surface area contributed by atoms with Crippen molar-refractivity contribution in [3.05, 3.63) is 17.3 Å². The van der Waals surface area contributed by atoms with Gasteiger partial charge in [-0.3, -0.25) is 0 Å². The van der Waals surface area contributed by atoms with Gasteiger partial charge >= 0.3 is 0 Å². The van der Waals surface area contributed by atoms with Crippen LogP contribution in [-0.2, 0) is 0 Å². The van der Waals surface area contributed by atoms with Crippen LogP contribution in [0.25, 0.3) is 0 Å². The van der Waals surface area contributed by atoms with Crippen LogP contribution < -0.4 is 5.32 Å². The molecule has 0 aliphatic heterocycles. The first-order valence-corrected chi connectivity index (χ1v) is 5.68. The fraction of sp³-hybridized carbons (Fsp3) is 0.636. The molecule has 2 N–H and O–H groups in total. The van der Waals surface area contributed by atoms with Crippen molar-refractivity contribution in [2.24, 2.45) is 5.41 Å². The Morgan fingerprint density at radius 3 is 2.50 bits per heavy atom. The highest BCUT2D eigenvalue weighted by atomic mass is 35.5. The number of rotatable bonds is 4. The van der Waals surface area contributed by atoms with E-state index in [4.69, 9.17) is 16.7 Å². The Balaban J connectivity index is 2.72. The maximum atomic E-state index is 9.02. The molecule has 1 unspecified atom stereocenters. The van der Waals surface area contributed by atoms with Gasteiger partial charge in [-0.05, 0) is 24.0 Å². The van der Waals surface area contributed by atoms with Crippen molar-refractivity contribution in [2.45, 2.75) is 33.2 Å². The van der Waals surface area contributed by atoms with Crippen LogP contribution in [0.5, 0.6) is 0 Å². The minimum absolute atomic E-state index is 0.0457. The van der Waals surface area contributed by atoms with E-state index in [1.165, 1.54) is 0 Å². The molecule has 90 valence electrons. The number of aliphatic hydroxyl groups is 1. The maximum absolute atomic E-state index is 9.02. The first-order chi connectivity index (χ1) is 7.43. The summed E-state index contributed by atoms with van der Waals surface area (Å²) in [6.07, 6.45) is 0.674. The molecule has 0 aliphatic rings. The van der Waals surface area contributed by atoms with Gasteiger partial charge in [0.25, 0.3) is 0 Å². The molecule has 4 nitrogen and oxygen atoms in total. The molecule has 0 saturated heterocycles. The van der Waals surface area contributed by atoms with E-state index < -0.39 is 0 Å². The van der Waals surface area contributed by atoms with Gasteiger partial charge in [-0.1, -0.05) is 32.4 Å². The quantitative estimate of drug-likeness (QED) is 0.852. The Morgan fingerprint density at radius 2 is 2.06 bits per heavy atom. The molecule has 1 aromatic heterocycles. The van der Waals surface area contributed by atoms with Crippen molar-refractivity contribution in [3.63, 3.8) is 0 Å². The molecule has 0 spiro atoms. The Kier molecular flexibility index (Phi) is 4.50. The third-order valence-corrected chi connectivity index (χ3v) is 2.62. The van der Waals surface area contributed by atoms with E-state index in [1.807, 2.05) is 0 Å². The summed E-state index contributed by atoms with van der Waals surface area (Å²) in [5.74, 6) is 0.678. The second-order valence-electron chi connectivity index (χ2n) is 4.82. The second kappa shape index (κ2) is 5.46. The molecule has 0 aliphatic carbocycles. The average Bonchev–Trinajstić information content (AvgIpc) is 2.19. The standard InChI is InChI=1S/C11H18ClN3O/c1-11(2,3)8(6-7-16)13-10-5-4-9(12)14-15-10/h4-5,8,16H,6-7H2,1-3H3,(H,13,15). The SMILES string of the molecule is CC(C)(C)C(CCO)Nc1ccc(Cl)nn1. The molecular weight excluding hydrogens is 226 g/mol. The summed E-state index contributed by atoms with van der Waals surface area (Å²) in [7, 11) is 0. The van der Waals surface area contributed by atoms with E-state index in [9.17, 15) is 0 Å². The first-order valence-electron chi connectivity index (χ1n) is 5.30. The summed E-state index contributed by atoms with van der Waals surface area (Å²) in [5.41, 5.74) is 0.0457. The Morgan fingerprint density at radius 1 is 1.38 bits per heavy atom. The van der Waals surface area contributed by atoms with Gasteiger partial charge in [0.1, 0.15) is 5.82 Å². The lowest BCUT2D eigenvalue weighted by Gasteiger charge is -2.31. The molecule has 1 rings (SSSR count). The van der Waals surface area contributed by atoms with Crippen LogP contribution in [0, 0.1) is 5.41 Å². The van der Waals surface area contributed by atoms with Crippen LogP contribution in [-0.4, -0.2) is 28.0 Å². The van der Waals surface area contributed by atoms with Crippen LogP contribution in [0.15, 0.2) is 12.1 Å². The Labute approximate surface area is 101 Å². The van der Waals surface area contributed by atoms with Crippen LogP contribution in [0.2, 0.25) is 5.15 Å². The van der Waals surface area contributed by atoms with Crippen molar-refractivity contribution >= 4 is 17.4 Å². The number of hydrogen-bond acceptors (Lipinski definition) is 4. The first kappa shape index (κ1) is 13.2. The molecule has 1 atom stereocenters. The topological polar surface area (TPSA) is 58.0 Å². The Hall–Kier alpha value is -0.870. The van der Waals surface area contributed by atoms with Gasteiger partial charge in [-0.15, -0.1) is 10.2 Å². The lowest BCUT2D eigenvalue weighted by molar-refractivity contribution is 0.235. The Bertz CT molecular complexity index is 321. The smallest absolute Gasteiger partial charge is 0.151 e. The molecule has 16 heavy (non-hydrogen) atoms. The number of nitrogens with one attached hydrogen (secondary N) is 1. The summed E-state index contributed by atoms with van der Waals surface area (Å²) >= 11 is 5.66. The lowest BCUT2D eigenvalue weighted by atomic mass is 9.85. The molecule has 5 heteroatoms. The van der Waals surface area contributed by atoms with Gasteiger partial charge in [0.15, 0.2) is 5.15 Å². The van der Waals surface area contributed by atoms with E-state index in [-0.39, 0.29) is 18.1 Å². The second-order valence-corrected chi connectivity index (χ2v) is 5.20. The van der Waals surface area contributed by atoms with Gasteiger partial charge in [-0.25, -0.2) is 0 Å². The molecule has 1 heterocycles.